The van der Waals surface area contributed by atoms with Gasteiger partial charge < -0.3 is 4.98 Å². The highest BCUT2D eigenvalue weighted by Crippen LogP contribution is 2.35. The van der Waals surface area contributed by atoms with Gasteiger partial charge >= 0.3 is 0 Å². The first kappa shape index (κ1) is 16.8. The third-order valence-electron chi connectivity index (χ3n) is 4.88. The highest BCUT2D eigenvalue weighted by atomic mass is 32.2. The van der Waals surface area contributed by atoms with E-state index in [1.165, 1.54) is 17.4 Å². The average Bonchev–Trinajstić information content (AvgIpc) is 3.21. The second-order valence-corrected chi connectivity index (χ2v) is 9.93. The molecule has 3 heterocycles. The van der Waals surface area contributed by atoms with E-state index in [-0.39, 0.29) is 11.7 Å². The zero-order valence-electron chi connectivity index (χ0n) is 13.8. The van der Waals surface area contributed by atoms with Crippen LogP contribution in [-0.2, 0) is 10.0 Å². The number of rotatable bonds is 3. The Labute approximate surface area is 150 Å². The van der Waals surface area contributed by atoms with Gasteiger partial charge in [0, 0.05) is 35.1 Å². The summed E-state index contributed by atoms with van der Waals surface area (Å²) in [6, 6.07) is 8.26. The molecule has 4 nitrogen and oxygen atoms in total. The SMILES string of the molecule is Cc1ccc(S(=O)(=O)N2CCC(c3c[nH]c4ccc(F)cc34)CC2)s1. The van der Waals surface area contributed by atoms with Crippen LogP contribution in [0, 0.1) is 12.7 Å². The van der Waals surface area contributed by atoms with E-state index in [0.29, 0.717) is 17.3 Å². The van der Waals surface area contributed by atoms with Gasteiger partial charge in [0.15, 0.2) is 0 Å². The van der Waals surface area contributed by atoms with Crippen LogP contribution in [0.4, 0.5) is 4.39 Å². The van der Waals surface area contributed by atoms with Crippen LogP contribution in [0.1, 0.15) is 29.2 Å². The summed E-state index contributed by atoms with van der Waals surface area (Å²) < 4.78 is 41.0. The maximum absolute atomic E-state index is 13.6. The molecule has 132 valence electrons. The highest BCUT2D eigenvalue weighted by molar-refractivity contribution is 7.91. The second kappa shape index (κ2) is 6.23. The van der Waals surface area contributed by atoms with E-state index in [9.17, 15) is 12.8 Å². The van der Waals surface area contributed by atoms with Crippen LogP contribution in [-0.4, -0.2) is 30.8 Å². The molecule has 0 saturated carbocycles. The number of fused-ring (bicyclic) bond motifs is 1. The standard InChI is InChI=1S/C18H19FN2O2S2/c1-12-2-5-18(24-12)25(22,23)21-8-6-13(7-9-21)16-11-20-17-4-3-14(19)10-15(16)17/h2-5,10-11,13,20H,6-9H2,1H3. The number of hydrogen-bond acceptors (Lipinski definition) is 3. The third-order valence-corrected chi connectivity index (χ3v) is 8.25. The molecule has 1 N–H and O–H groups in total. The Kier molecular flexibility index (Phi) is 4.17. The Balaban J connectivity index is 1.54. The average molecular weight is 378 g/mol. The van der Waals surface area contributed by atoms with Gasteiger partial charge in [-0.05, 0) is 61.6 Å². The number of hydrogen-bond donors (Lipinski definition) is 1. The van der Waals surface area contributed by atoms with Gasteiger partial charge in [-0.3, -0.25) is 0 Å². The van der Waals surface area contributed by atoms with Gasteiger partial charge in [-0.25, -0.2) is 12.8 Å². The predicted molar refractivity (Wildman–Crippen MR) is 98.0 cm³/mol. The van der Waals surface area contributed by atoms with E-state index in [1.54, 1.807) is 22.5 Å². The minimum Gasteiger partial charge on any atom is -0.361 e. The van der Waals surface area contributed by atoms with Crippen LogP contribution >= 0.6 is 11.3 Å². The number of sulfonamides is 1. The molecule has 7 heteroatoms. The van der Waals surface area contributed by atoms with Gasteiger partial charge in [0.1, 0.15) is 10.0 Å². The molecular formula is C18H19FN2O2S2. The summed E-state index contributed by atoms with van der Waals surface area (Å²) in [5, 5.41) is 0.898. The fraction of sp³-hybridized carbons (Fsp3) is 0.333. The van der Waals surface area contributed by atoms with Crippen molar-refractivity contribution in [2.24, 2.45) is 0 Å². The van der Waals surface area contributed by atoms with Crippen LogP contribution in [0.5, 0.6) is 0 Å². The first-order valence-electron chi connectivity index (χ1n) is 8.28. The zero-order chi connectivity index (χ0) is 17.6. The predicted octanol–water partition coefficient (Wildman–Crippen LogP) is 4.25. The number of aromatic amines is 1. The summed E-state index contributed by atoms with van der Waals surface area (Å²) in [5.41, 5.74) is 2.00. The number of aromatic nitrogens is 1. The van der Waals surface area contributed by atoms with E-state index in [1.807, 2.05) is 19.2 Å². The third kappa shape index (κ3) is 3.01. The molecular weight excluding hydrogens is 359 g/mol. The zero-order valence-corrected chi connectivity index (χ0v) is 15.5. The number of aryl methyl sites for hydroxylation is 1. The minimum atomic E-state index is -3.40. The molecule has 1 aliphatic rings. The number of H-pyrrole nitrogens is 1. The summed E-state index contributed by atoms with van der Waals surface area (Å²) >= 11 is 1.31. The first-order valence-corrected chi connectivity index (χ1v) is 10.5. The van der Waals surface area contributed by atoms with E-state index < -0.39 is 10.0 Å². The fourth-order valence-corrected chi connectivity index (χ4v) is 6.44. The number of nitrogens with one attached hydrogen (secondary N) is 1. The Bertz CT molecular complexity index is 1010. The molecule has 0 amide bonds. The Hall–Kier alpha value is -1.70. The largest absolute Gasteiger partial charge is 0.361 e. The molecule has 2 aromatic heterocycles. The summed E-state index contributed by atoms with van der Waals surface area (Å²) in [5.74, 6) is -0.00602. The summed E-state index contributed by atoms with van der Waals surface area (Å²) in [6.45, 7) is 2.89. The fourth-order valence-electron chi connectivity index (χ4n) is 3.54. The normalized spacial score (nSPS) is 17.4. The lowest BCUT2D eigenvalue weighted by Crippen LogP contribution is -2.37. The van der Waals surface area contributed by atoms with E-state index >= 15 is 0 Å². The molecule has 1 saturated heterocycles. The summed E-state index contributed by atoms with van der Waals surface area (Å²) in [6.07, 6.45) is 3.42. The van der Waals surface area contributed by atoms with Crippen molar-refractivity contribution in [3.05, 3.63) is 52.8 Å². The Morgan fingerprint density at radius 2 is 1.96 bits per heavy atom. The van der Waals surface area contributed by atoms with Crippen LogP contribution in [0.25, 0.3) is 10.9 Å². The molecule has 0 unspecified atom stereocenters. The van der Waals surface area contributed by atoms with Crippen molar-refractivity contribution in [1.82, 2.24) is 9.29 Å². The topological polar surface area (TPSA) is 53.2 Å². The number of halogens is 1. The minimum absolute atomic E-state index is 0.243. The highest BCUT2D eigenvalue weighted by Gasteiger charge is 2.31. The second-order valence-electron chi connectivity index (χ2n) is 6.48. The number of nitrogens with zero attached hydrogens (tertiary/aromatic N) is 1. The van der Waals surface area contributed by atoms with E-state index in [2.05, 4.69) is 4.98 Å². The van der Waals surface area contributed by atoms with Crippen molar-refractivity contribution in [1.29, 1.82) is 0 Å². The van der Waals surface area contributed by atoms with Crippen LogP contribution in [0.2, 0.25) is 0 Å². The lowest BCUT2D eigenvalue weighted by molar-refractivity contribution is 0.321. The maximum Gasteiger partial charge on any atom is 0.252 e. The smallest absolute Gasteiger partial charge is 0.252 e. The molecule has 1 fully saturated rings. The van der Waals surface area contributed by atoms with Gasteiger partial charge in [-0.2, -0.15) is 4.31 Å². The van der Waals surface area contributed by atoms with Gasteiger partial charge in [0.05, 0.1) is 0 Å². The van der Waals surface area contributed by atoms with Crippen LogP contribution in [0.15, 0.2) is 40.7 Å². The van der Waals surface area contributed by atoms with Crippen LogP contribution in [0.3, 0.4) is 0 Å². The first-order chi connectivity index (χ1) is 11.9. The van der Waals surface area contributed by atoms with E-state index in [4.69, 9.17) is 0 Å². The number of thiophene rings is 1. The molecule has 0 aliphatic carbocycles. The van der Waals surface area contributed by atoms with Crippen molar-refractivity contribution >= 4 is 32.3 Å². The molecule has 25 heavy (non-hydrogen) atoms. The summed E-state index contributed by atoms with van der Waals surface area (Å²) in [4.78, 5) is 4.18. The molecule has 1 aliphatic heterocycles. The summed E-state index contributed by atoms with van der Waals surface area (Å²) in [7, 11) is -3.40. The van der Waals surface area contributed by atoms with Crippen molar-refractivity contribution in [2.75, 3.05) is 13.1 Å². The molecule has 4 rings (SSSR count). The molecule has 0 radical (unpaired) electrons. The van der Waals surface area contributed by atoms with Gasteiger partial charge in [-0.1, -0.05) is 0 Å². The van der Waals surface area contributed by atoms with Crippen molar-refractivity contribution < 1.29 is 12.8 Å². The van der Waals surface area contributed by atoms with Gasteiger partial charge in [-0.15, -0.1) is 11.3 Å². The maximum atomic E-state index is 13.6. The number of piperidine rings is 1. The lowest BCUT2D eigenvalue weighted by Gasteiger charge is -2.30. The quantitative estimate of drug-likeness (QED) is 0.741. The van der Waals surface area contributed by atoms with Crippen molar-refractivity contribution in [2.45, 2.75) is 29.9 Å². The molecule has 0 atom stereocenters. The van der Waals surface area contributed by atoms with Crippen molar-refractivity contribution in [3.63, 3.8) is 0 Å². The van der Waals surface area contributed by atoms with Crippen molar-refractivity contribution in [3.8, 4) is 0 Å². The lowest BCUT2D eigenvalue weighted by atomic mass is 9.90. The Morgan fingerprint density at radius 1 is 1.20 bits per heavy atom. The molecule has 0 bridgehead atoms. The van der Waals surface area contributed by atoms with Crippen LogP contribution < -0.4 is 0 Å². The molecule has 3 aromatic rings. The van der Waals surface area contributed by atoms with Gasteiger partial charge in [0.2, 0.25) is 0 Å². The number of benzene rings is 1. The van der Waals surface area contributed by atoms with E-state index in [0.717, 1.165) is 34.2 Å². The molecule has 1 aromatic carbocycles. The molecule has 0 spiro atoms. The monoisotopic (exact) mass is 378 g/mol. The van der Waals surface area contributed by atoms with Gasteiger partial charge in [0.25, 0.3) is 10.0 Å². The Morgan fingerprint density at radius 3 is 2.64 bits per heavy atom.